The molecule has 2 atom stereocenters. The Balaban J connectivity index is 1.64. The van der Waals surface area contributed by atoms with Crippen LogP contribution in [0.15, 0.2) is 72.8 Å². The second-order valence-corrected chi connectivity index (χ2v) is 8.62. The zero-order chi connectivity index (χ0) is 24.1. The van der Waals surface area contributed by atoms with E-state index in [1.807, 2.05) is 48.5 Å². The Morgan fingerprint density at radius 2 is 1.71 bits per heavy atom. The summed E-state index contributed by atoms with van der Waals surface area (Å²) in [6, 6.07) is 22.2. The molecular formula is C27H27ClN2O4. The number of halogens is 1. The topological polar surface area (TPSA) is 67.9 Å². The lowest BCUT2D eigenvalue weighted by molar-refractivity contribution is -0.125. The fraction of sp³-hybridized carbons (Fsp3) is 0.259. The van der Waals surface area contributed by atoms with E-state index < -0.39 is 5.92 Å². The number of likely N-dealkylation sites (tertiary alicyclic amines) is 1. The van der Waals surface area contributed by atoms with Crippen LogP contribution in [0.3, 0.4) is 0 Å². The molecule has 4 rings (SSSR count). The summed E-state index contributed by atoms with van der Waals surface area (Å²) in [6.07, 6.45) is 0. The van der Waals surface area contributed by atoms with Crippen molar-refractivity contribution in [3.05, 3.63) is 94.5 Å². The standard InChI is InChI=1S/C27H27ClN2O4/c1-33-19-12-13-25(34-2)21(14-19)22-16-30(27(32)20-10-6-7-11-24(20)28)17-23(22)26(31)29-15-18-8-4-3-5-9-18/h3-14,22-23H,15-17H2,1-2H3,(H,29,31)/t22-,23-/m0/s1. The highest BCUT2D eigenvalue weighted by Crippen LogP contribution is 2.40. The van der Waals surface area contributed by atoms with Crippen molar-refractivity contribution >= 4 is 23.4 Å². The third kappa shape index (κ3) is 5.02. The van der Waals surface area contributed by atoms with Crippen molar-refractivity contribution in [2.45, 2.75) is 12.5 Å². The molecule has 1 fully saturated rings. The molecule has 0 radical (unpaired) electrons. The zero-order valence-corrected chi connectivity index (χ0v) is 19.9. The maximum absolute atomic E-state index is 13.4. The van der Waals surface area contributed by atoms with Crippen LogP contribution < -0.4 is 14.8 Å². The molecule has 6 nitrogen and oxygen atoms in total. The molecule has 1 N–H and O–H groups in total. The molecular weight excluding hydrogens is 452 g/mol. The molecule has 2 amide bonds. The Kier molecular flexibility index (Phi) is 7.38. The first-order valence-electron chi connectivity index (χ1n) is 11.1. The van der Waals surface area contributed by atoms with Gasteiger partial charge in [-0.15, -0.1) is 0 Å². The van der Waals surface area contributed by atoms with Crippen LogP contribution in [-0.4, -0.2) is 44.0 Å². The maximum Gasteiger partial charge on any atom is 0.255 e. The van der Waals surface area contributed by atoms with Crippen molar-refractivity contribution in [2.75, 3.05) is 27.3 Å². The number of hydrogen-bond acceptors (Lipinski definition) is 4. The monoisotopic (exact) mass is 478 g/mol. The van der Waals surface area contributed by atoms with Crippen LogP contribution >= 0.6 is 11.6 Å². The van der Waals surface area contributed by atoms with Crippen LogP contribution in [-0.2, 0) is 11.3 Å². The molecule has 1 aliphatic rings. The molecule has 7 heteroatoms. The van der Waals surface area contributed by atoms with Crippen LogP contribution in [0.25, 0.3) is 0 Å². The lowest BCUT2D eigenvalue weighted by atomic mass is 9.87. The summed E-state index contributed by atoms with van der Waals surface area (Å²) in [6.45, 7) is 1.04. The largest absolute Gasteiger partial charge is 0.497 e. The molecule has 34 heavy (non-hydrogen) atoms. The molecule has 3 aromatic rings. The van der Waals surface area contributed by atoms with Crippen molar-refractivity contribution in [3.8, 4) is 11.5 Å². The van der Waals surface area contributed by atoms with Gasteiger partial charge in [-0.25, -0.2) is 0 Å². The van der Waals surface area contributed by atoms with E-state index in [2.05, 4.69) is 5.32 Å². The number of nitrogens with one attached hydrogen (secondary N) is 1. The number of benzene rings is 3. The van der Waals surface area contributed by atoms with Gasteiger partial charge in [0.25, 0.3) is 5.91 Å². The van der Waals surface area contributed by atoms with Gasteiger partial charge in [-0.1, -0.05) is 54.1 Å². The summed E-state index contributed by atoms with van der Waals surface area (Å²) < 4.78 is 11.0. The van der Waals surface area contributed by atoms with E-state index in [1.165, 1.54) is 0 Å². The Hall–Kier alpha value is -3.51. The summed E-state index contributed by atoms with van der Waals surface area (Å²) in [5.74, 6) is 0.265. The number of ether oxygens (including phenoxy) is 2. The number of carbonyl (C=O) groups excluding carboxylic acids is 2. The van der Waals surface area contributed by atoms with Crippen LogP contribution in [0, 0.1) is 5.92 Å². The van der Waals surface area contributed by atoms with Gasteiger partial charge in [-0.05, 0) is 35.9 Å². The normalized spacial score (nSPS) is 17.3. The van der Waals surface area contributed by atoms with Gasteiger partial charge in [0, 0.05) is 31.1 Å². The van der Waals surface area contributed by atoms with Crippen molar-refractivity contribution in [3.63, 3.8) is 0 Å². The van der Waals surface area contributed by atoms with Gasteiger partial charge in [-0.2, -0.15) is 0 Å². The first-order chi connectivity index (χ1) is 16.5. The molecule has 0 aromatic heterocycles. The first-order valence-corrected chi connectivity index (χ1v) is 11.5. The maximum atomic E-state index is 13.4. The fourth-order valence-electron chi connectivity index (χ4n) is 4.40. The van der Waals surface area contributed by atoms with Gasteiger partial charge in [0.2, 0.25) is 5.91 Å². The van der Waals surface area contributed by atoms with Gasteiger partial charge in [0.1, 0.15) is 11.5 Å². The van der Waals surface area contributed by atoms with E-state index >= 15 is 0 Å². The minimum atomic E-state index is -0.462. The highest BCUT2D eigenvalue weighted by molar-refractivity contribution is 6.33. The lowest BCUT2D eigenvalue weighted by Crippen LogP contribution is -2.35. The van der Waals surface area contributed by atoms with Crippen LogP contribution in [0.1, 0.15) is 27.4 Å². The SMILES string of the molecule is COc1ccc(OC)c([C@@H]2CN(C(=O)c3ccccc3Cl)C[C@@H]2C(=O)NCc2ccccc2)c1. The van der Waals surface area contributed by atoms with E-state index in [0.717, 1.165) is 11.1 Å². The fourth-order valence-corrected chi connectivity index (χ4v) is 4.62. The Labute approximate surface area is 204 Å². The third-order valence-corrected chi connectivity index (χ3v) is 6.52. The molecule has 0 bridgehead atoms. The predicted molar refractivity (Wildman–Crippen MR) is 131 cm³/mol. The smallest absolute Gasteiger partial charge is 0.255 e. The molecule has 0 aliphatic carbocycles. The van der Waals surface area contributed by atoms with Crippen LogP contribution in [0.5, 0.6) is 11.5 Å². The molecule has 3 aromatic carbocycles. The molecule has 1 saturated heterocycles. The molecule has 1 heterocycles. The lowest BCUT2D eigenvalue weighted by Gasteiger charge is -2.21. The number of methoxy groups -OCH3 is 2. The van der Waals surface area contributed by atoms with Crippen molar-refractivity contribution in [1.29, 1.82) is 0 Å². The zero-order valence-electron chi connectivity index (χ0n) is 19.2. The van der Waals surface area contributed by atoms with Crippen molar-refractivity contribution in [1.82, 2.24) is 10.2 Å². The molecule has 0 spiro atoms. The Morgan fingerprint density at radius 3 is 2.41 bits per heavy atom. The highest BCUT2D eigenvalue weighted by Gasteiger charge is 2.42. The van der Waals surface area contributed by atoms with Gasteiger partial charge < -0.3 is 19.7 Å². The molecule has 0 unspecified atom stereocenters. The summed E-state index contributed by atoms with van der Waals surface area (Å²) in [4.78, 5) is 28.4. The Morgan fingerprint density at radius 1 is 0.971 bits per heavy atom. The average molecular weight is 479 g/mol. The van der Waals surface area contributed by atoms with E-state index in [9.17, 15) is 9.59 Å². The number of rotatable bonds is 7. The number of nitrogens with zero attached hydrogens (tertiary/aromatic N) is 1. The van der Waals surface area contributed by atoms with Gasteiger partial charge in [-0.3, -0.25) is 9.59 Å². The Bertz CT molecular complexity index is 1170. The second kappa shape index (κ2) is 10.6. The minimum absolute atomic E-state index is 0.117. The van der Waals surface area contributed by atoms with Crippen molar-refractivity contribution < 1.29 is 19.1 Å². The summed E-state index contributed by atoms with van der Waals surface area (Å²) in [5.41, 5.74) is 2.26. The summed E-state index contributed by atoms with van der Waals surface area (Å²) in [7, 11) is 3.19. The number of hydrogen-bond donors (Lipinski definition) is 1. The predicted octanol–water partition coefficient (Wildman–Crippen LogP) is 4.53. The van der Waals surface area contributed by atoms with E-state index in [-0.39, 0.29) is 24.3 Å². The summed E-state index contributed by atoms with van der Waals surface area (Å²) in [5, 5.41) is 3.43. The van der Waals surface area contributed by atoms with Gasteiger partial charge in [0.15, 0.2) is 0 Å². The van der Waals surface area contributed by atoms with Gasteiger partial charge in [0.05, 0.1) is 30.7 Å². The quantitative estimate of drug-likeness (QED) is 0.541. The average Bonchev–Trinajstić information content (AvgIpc) is 3.33. The molecule has 1 aliphatic heterocycles. The van der Waals surface area contributed by atoms with E-state index in [1.54, 1.807) is 43.4 Å². The highest BCUT2D eigenvalue weighted by atomic mass is 35.5. The first kappa shape index (κ1) is 23.6. The van der Waals surface area contributed by atoms with E-state index in [4.69, 9.17) is 21.1 Å². The van der Waals surface area contributed by atoms with Gasteiger partial charge >= 0.3 is 0 Å². The number of carbonyl (C=O) groups is 2. The van der Waals surface area contributed by atoms with Crippen LogP contribution in [0.4, 0.5) is 0 Å². The molecule has 176 valence electrons. The number of amides is 2. The second-order valence-electron chi connectivity index (χ2n) is 8.21. The summed E-state index contributed by atoms with van der Waals surface area (Å²) >= 11 is 6.29. The van der Waals surface area contributed by atoms with Crippen molar-refractivity contribution in [2.24, 2.45) is 5.92 Å². The van der Waals surface area contributed by atoms with Crippen LogP contribution in [0.2, 0.25) is 5.02 Å². The third-order valence-electron chi connectivity index (χ3n) is 6.19. The van der Waals surface area contributed by atoms with E-state index in [0.29, 0.717) is 35.2 Å². The molecule has 0 saturated carbocycles. The minimum Gasteiger partial charge on any atom is -0.497 e.